The minimum Gasteiger partial charge on any atom is -0.455 e. The van der Waals surface area contributed by atoms with Gasteiger partial charge in [-0.25, -0.2) is 4.98 Å². The first-order valence-electron chi connectivity index (χ1n) is 10.3. The number of para-hydroxylation sites is 2. The normalized spacial score (nSPS) is 12.5. The van der Waals surface area contributed by atoms with Crippen molar-refractivity contribution in [3.63, 3.8) is 0 Å². The van der Waals surface area contributed by atoms with Crippen LogP contribution < -0.4 is 0 Å². The Morgan fingerprint density at radius 1 is 0.581 bits per heavy atom. The second-order valence-electron chi connectivity index (χ2n) is 7.99. The molecule has 0 N–H and O–H groups in total. The van der Waals surface area contributed by atoms with Gasteiger partial charge in [0.25, 0.3) is 0 Å². The highest BCUT2D eigenvalue weighted by Crippen LogP contribution is 2.47. The van der Waals surface area contributed by atoms with E-state index in [1.165, 1.54) is 0 Å². The fraction of sp³-hybridized carbons (Fsp3) is 0. The average molecular weight is 398 g/mol. The van der Waals surface area contributed by atoms with Crippen molar-refractivity contribution in [1.82, 2.24) is 9.38 Å². The van der Waals surface area contributed by atoms with E-state index < -0.39 is 0 Å². The Hall–Kier alpha value is -4.31. The van der Waals surface area contributed by atoms with Gasteiger partial charge in [0.1, 0.15) is 27.9 Å². The monoisotopic (exact) mass is 398 g/mol. The minimum atomic E-state index is 0.865. The van der Waals surface area contributed by atoms with Gasteiger partial charge in [0.05, 0.1) is 5.39 Å². The number of nitrogens with zero attached hydrogens (tertiary/aromatic N) is 2. The van der Waals surface area contributed by atoms with E-state index in [1.807, 2.05) is 36.7 Å². The summed E-state index contributed by atoms with van der Waals surface area (Å²) >= 11 is 0. The molecule has 144 valence electrons. The first-order chi connectivity index (χ1) is 15.4. The topological polar surface area (TPSA) is 43.6 Å². The molecule has 4 aromatic carbocycles. The molecule has 0 aliphatic rings. The molecule has 0 amide bonds. The summed E-state index contributed by atoms with van der Waals surface area (Å²) in [4.78, 5) is 4.67. The number of hydrogen-bond donors (Lipinski definition) is 0. The van der Waals surface area contributed by atoms with E-state index in [0.29, 0.717) is 0 Å². The zero-order chi connectivity index (χ0) is 20.1. The van der Waals surface area contributed by atoms with Crippen LogP contribution >= 0.6 is 0 Å². The number of fused-ring (bicyclic) bond motifs is 15. The fourth-order valence-electron chi connectivity index (χ4n) is 5.21. The van der Waals surface area contributed by atoms with Crippen LogP contribution in [0.3, 0.4) is 0 Å². The average Bonchev–Trinajstić information content (AvgIpc) is 3.53. The van der Waals surface area contributed by atoms with Gasteiger partial charge < -0.3 is 8.83 Å². The number of hydrogen-bond acceptors (Lipinski definition) is 3. The van der Waals surface area contributed by atoms with E-state index in [-0.39, 0.29) is 0 Å². The van der Waals surface area contributed by atoms with Gasteiger partial charge in [-0.2, -0.15) is 0 Å². The van der Waals surface area contributed by atoms with Crippen molar-refractivity contribution in [3.05, 3.63) is 85.2 Å². The van der Waals surface area contributed by atoms with E-state index in [4.69, 9.17) is 8.83 Å². The summed E-state index contributed by atoms with van der Waals surface area (Å²) in [5, 5.41) is 7.66. The molecular formula is C27H14N2O2. The van der Waals surface area contributed by atoms with Crippen LogP contribution in [0.1, 0.15) is 0 Å². The highest BCUT2D eigenvalue weighted by atomic mass is 16.3. The predicted molar refractivity (Wildman–Crippen MR) is 125 cm³/mol. The summed E-state index contributed by atoms with van der Waals surface area (Å²) < 4.78 is 15.2. The molecule has 4 heteroatoms. The Labute approximate surface area is 174 Å². The van der Waals surface area contributed by atoms with Gasteiger partial charge in [0, 0.05) is 39.3 Å². The van der Waals surface area contributed by atoms with Crippen LogP contribution in [0, 0.1) is 0 Å². The van der Waals surface area contributed by atoms with Crippen LogP contribution in [0.2, 0.25) is 0 Å². The summed E-state index contributed by atoms with van der Waals surface area (Å²) in [5.74, 6) is 0. The van der Waals surface area contributed by atoms with Crippen LogP contribution in [0.25, 0.3) is 71.2 Å². The third-order valence-corrected chi connectivity index (χ3v) is 6.44. The highest BCUT2D eigenvalue weighted by Gasteiger charge is 2.24. The standard InChI is InChI=1S/C27H14N2O2/c1-2-8-16-15(7-1)23-24(29-14-13-28-27(16)29)26-22(18-10-4-6-12-20(18)31-26)21-17-9-3-5-11-19(17)30-25(21)23/h1-14H. The zero-order valence-corrected chi connectivity index (χ0v) is 16.3. The van der Waals surface area contributed by atoms with Crippen LogP contribution in [0.5, 0.6) is 0 Å². The Balaban J connectivity index is 1.88. The lowest BCUT2D eigenvalue weighted by atomic mass is 9.98. The highest BCUT2D eigenvalue weighted by molar-refractivity contribution is 6.37. The van der Waals surface area contributed by atoms with Crippen molar-refractivity contribution < 1.29 is 8.83 Å². The van der Waals surface area contributed by atoms with Crippen molar-refractivity contribution in [2.75, 3.05) is 0 Å². The SMILES string of the molecule is c1ccc2c(c1)oc1c2c2c3ccccc3oc2c2c1c1ccccc1c1nccn12. The van der Waals surface area contributed by atoms with Gasteiger partial charge in [-0.3, -0.25) is 4.40 Å². The van der Waals surface area contributed by atoms with E-state index in [2.05, 4.69) is 57.9 Å². The van der Waals surface area contributed by atoms with Gasteiger partial charge in [-0.05, 0) is 17.5 Å². The molecule has 0 bridgehead atoms. The zero-order valence-electron chi connectivity index (χ0n) is 16.3. The van der Waals surface area contributed by atoms with Crippen LogP contribution in [-0.4, -0.2) is 9.38 Å². The molecule has 8 aromatic rings. The Morgan fingerprint density at radius 3 is 1.90 bits per heavy atom. The molecule has 0 fully saturated rings. The lowest BCUT2D eigenvalue weighted by molar-refractivity contribution is 0.667. The smallest absolute Gasteiger partial charge is 0.160 e. The van der Waals surface area contributed by atoms with Gasteiger partial charge in [-0.1, -0.05) is 60.7 Å². The molecule has 0 saturated heterocycles. The van der Waals surface area contributed by atoms with Crippen molar-refractivity contribution in [1.29, 1.82) is 0 Å². The maximum absolute atomic E-state index is 6.55. The van der Waals surface area contributed by atoms with Crippen LogP contribution in [0.15, 0.2) is 94.0 Å². The van der Waals surface area contributed by atoms with Crippen molar-refractivity contribution in [2.24, 2.45) is 0 Å². The maximum atomic E-state index is 6.55. The van der Waals surface area contributed by atoms with Gasteiger partial charge in [-0.15, -0.1) is 0 Å². The first-order valence-corrected chi connectivity index (χ1v) is 10.3. The van der Waals surface area contributed by atoms with Crippen molar-refractivity contribution in [3.8, 4) is 0 Å². The molecule has 0 saturated carbocycles. The van der Waals surface area contributed by atoms with Crippen LogP contribution in [-0.2, 0) is 0 Å². The number of pyridine rings is 1. The molecule has 0 aliphatic heterocycles. The van der Waals surface area contributed by atoms with Gasteiger partial charge in [0.15, 0.2) is 5.58 Å². The van der Waals surface area contributed by atoms with Gasteiger partial charge >= 0.3 is 0 Å². The summed E-state index contributed by atoms with van der Waals surface area (Å²) in [7, 11) is 0. The third-order valence-electron chi connectivity index (χ3n) is 6.44. The molecule has 4 heterocycles. The Bertz CT molecular complexity index is 2000. The van der Waals surface area contributed by atoms with E-state index in [0.717, 1.165) is 71.2 Å². The predicted octanol–water partition coefficient (Wildman–Crippen LogP) is 7.44. The maximum Gasteiger partial charge on any atom is 0.160 e. The molecular weight excluding hydrogens is 384 g/mol. The quantitative estimate of drug-likeness (QED) is 0.249. The molecule has 0 spiro atoms. The number of aromatic nitrogens is 2. The molecule has 0 unspecified atom stereocenters. The second kappa shape index (κ2) is 5.24. The first kappa shape index (κ1) is 15.5. The summed E-state index contributed by atoms with van der Waals surface area (Å²) in [6.45, 7) is 0. The fourth-order valence-corrected chi connectivity index (χ4v) is 5.21. The number of imidazole rings is 1. The Kier molecular flexibility index (Phi) is 2.62. The molecule has 0 radical (unpaired) electrons. The molecule has 0 atom stereocenters. The summed E-state index contributed by atoms with van der Waals surface area (Å²) in [5.41, 5.74) is 5.42. The number of furan rings is 2. The molecule has 4 nitrogen and oxygen atoms in total. The molecule has 0 aliphatic carbocycles. The van der Waals surface area contributed by atoms with Crippen molar-refractivity contribution in [2.45, 2.75) is 0 Å². The third kappa shape index (κ3) is 1.75. The summed E-state index contributed by atoms with van der Waals surface area (Å²) in [6.07, 6.45) is 3.85. The Morgan fingerprint density at radius 2 is 1.16 bits per heavy atom. The lowest BCUT2D eigenvalue weighted by Gasteiger charge is -2.09. The van der Waals surface area contributed by atoms with Gasteiger partial charge in [0.2, 0.25) is 0 Å². The van der Waals surface area contributed by atoms with Crippen LogP contribution in [0.4, 0.5) is 0 Å². The van der Waals surface area contributed by atoms with E-state index >= 15 is 0 Å². The van der Waals surface area contributed by atoms with Crippen molar-refractivity contribution >= 4 is 71.2 Å². The van der Waals surface area contributed by atoms with E-state index in [9.17, 15) is 0 Å². The largest absolute Gasteiger partial charge is 0.455 e. The molecule has 4 aromatic heterocycles. The minimum absolute atomic E-state index is 0.865. The van der Waals surface area contributed by atoms with E-state index in [1.54, 1.807) is 0 Å². The number of rotatable bonds is 0. The summed E-state index contributed by atoms with van der Waals surface area (Å²) in [6, 6.07) is 24.9. The number of benzene rings is 4. The second-order valence-corrected chi connectivity index (χ2v) is 7.99. The molecule has 8 rings (SSSR count). The lowest BCUT2D eigenvalue weighted by Crippen LogP contribution is -1.92. The molecule has 31 heavy (non-hydrogen) atoms.